The minimum Gasteiger partial charge on any atom is -0.465 e. The molecule has 2 aromatic carbocycles. The van der Waals surface area contributed by atoms with E-state index < -0.39 is 16.2 Å². The molecule has 2 rings (SSSR count). The zero-order valence-electron chi connectivity index (χ0n) is 13.6. The molecule has 0 aliphatic carbocycles. The van der Waals surface area contributed by atoms with Crippen LogP contribution in [0.25, 0.3) is 0 Å². The van der Waals surface area contributed by atoms with E-state index >= 15 is 0 Å². The van der Waals surface area contributed by atoms with Crippen LogP contribution in [0.3, 0.4) is 0 Å². The van der Waals surface area contributed by atoms with Crippen molar-refractivity contribution in [2.75, 3.05) is 31.2 Å². The zero-order chi connectivity index (χ0) is 17.7. The molecular formula is C16H19N3O4S. The van der Waals surface area contributed by atoms with E-state index in [9.17, 15) is 13.2 Å². The van der Waals surface area contributed by atoms with Gasteiger partial charge in [-0.05, 0) is 36.4 Å². The molecule has 0 fully saturated rings. The van der Waals surface area contributed by atoms with E-state index in [1.807, 2.05) is 0 Å². The van der Waals surface area contributed by atoms with Crippen molar-refractivity contribution < 1.29 is 17.9 Å². The van der Waals surface area contributed by atoms with Crippen LogP contribution in [0.2, 0.25) is 0 Å². The molecule has 0 saturated carbocycles. The Bertz CT molecular complexity index is 817. The van der Waals surface area contributed by atoms with Crippen molar-refractivity contribution in [1.82, 2.24) is 4.31 Å². The average Bonchev–Trinajstić information content (AvgIpc) is 2.56. The minimum atomic E-state index is -3.54. The van der Waals surface area contributed by atoms with Crippen LogP contribution in [0.5, 0.6) is 0 Å². The van der Waals surface area contributed by atoms with Gasteiger partial charge in [0, 0.05) is 25.5 Å². The third-order valence-electron chi connectivity index (χ3n) is 3.22. The Morgan fingerprint density at radius 3 is 2.17 bits per heavy atom. The minimum absolute atomic E-state index is 0.414. The molecule has 0 bridgehead atoms. The van der Waals surface area contributed by atoms with Gasteiger partial charge in [-0.15, -0.1) is 0 Å². The Morgan fingerprint density at radius 2 is 1.58 bits per heavy atom. The summed E-state index contributed by atoms with van der Waals surface area (Å²) in [7, 11) is 0.674. The average molecular weight is 349 g/mol. The van der Waals surface area contributed by atoms with Crippen molar-refractivity contribution in [3.05, 3.63) is 54.1 Å². The van der Waals surface area contributed by atoms with Crippen LogP contribution >= 0.6 is 0 Å². The highest BCUT2D eigenvalue weighted by molar-refractivity contribution is 7.90. The normalized spacial score (nSPS) is 11.2. The Morgan fingerprint density at radius 1 is 1.00 bits per heavy atom. The molecule has 0 amide bonds. The fourth-order valence-electron chi connectivity index (χ4n) is 1.90. The van der Waals surface area contributed by atoms with Crippen molar-refractivity contribution in [2.45, 2.75) is 0 Å². The molecule has 2 aromatic rings. The lowest BCUT2D eigenvalue weighted by atomic mass is 10.1. The molecule has 0 saturated heterocycles. The van der Waals surface area contributed by atoms with Gasteiger partial charge in [-0.25, -0.2) is 4.79 Å². The van der Waals surface area contributed by atoms with Crippen molar-refractivity contribution in [2.24, 2.45) is 0 Å². The van der Waals surface area contributed by atoms with Gasteiger partial charge in [0.1, 0.15) is 0 Å². The number of esters is 1. The first-order valence-electron chi connectivity index (χ1n) is 7.08. The number of benzene rings is 2. The second-order valence-corrected chi connectivity index (χ2v) is 7.01. The monoisotopic (exact) mass is 349 g/mol. The van der Waals surface area contributed by atoms with E-state index in [2.05, 4.69) is 10.0 Å². The van der Waals surface area contributed by atoms with Crippen LogP contribution in [0.15, 0.2) is 48.5 Å². The molecule has 0 unspecified atom stereocenters. The van der Waals surface area contributed by atoms with E-state index in [0.29, 0.717) is 22.6 Å². The molecular weight excluding hydrogens is 330 g/mol. The number of carbonyl (C=O) groups excluding carboxylic acids is 1. The first-order valence-corrected chi connectivity index (χ1v) is 8.52. The summed E-state index contributed by atoms with van der Waals surface area (Å²) >= 11 is 0. The fraction of sp³-hybridized carbons (Fsp3) is 0.188. The topological polar surface area (TPSA) is 87.7 Å². The number of nitrogens with one attached hydrogen (secondary N) is 2. The zero-order valence-corrected chi connectivity index (χ0v) is 14.4. The van der Waals surface area contributed by atoms with Crippen LogP contribution in [-0.4, -0.2) is 39.9 Å². The number of hydrogen-bond donors (Lipinski definition) is 2. The van der Waals surface area contributed by atoms with Crippen LogP contribution < -0.4 is 10.0 Å². The van der Waals surface area contributed by atoms with Crippen molar-refractivity contribution >= 4 is 33.2 Å². The molecule has 0 atom stereocenters. The third-order valence-corrected chi connectivity index (χ3v) is 4.68. The van der Waals surface area contributed by atoms with Gasteiger partial charge < -0.3 is 10.1 Å². The second kappa shape index (κ2) is 7.33. The molecule has 2 N–H and O–H groups in total. The maximum Gasteiger partial charge on any atom is 0.339 e. The van der Waals surface area contributed by atoms with Gasteiger partial charge in [0.25, 0.3) is 0 Å². The first-order chi connectivity index (χ1) is 11.3. The number of methoxy groups -OCH3 is 1. The number of carbonyl (C=O) groups is 1. The first kappa shape index (κ1) is 17.8. The van der Waals surface area contributed by atoms with E-state index in [1.165, 1.54) is 21.2 Å². The summed E-state index contributed by atoms with van der Waals surface area (Å²) in [4.78, 5) is 11.8. The Kier molecular flexibility index (Phi) is 5.42. The predicted octanol–water partition coefficient (Wildman–Crippen LogP) is 2.44. The lowest BCUT2D eigenvalue weighted by Crippen LogP contribution is -2.28. The molecule has 0 aliphatic heterocycles. The molecule has 0 radical (unpaired) electrons. The van der Waals surface area contributed by atoms with Gasteiger partial charge >= 0.3 is 16.2 Å². The molecule has 128 valence electrons. The molecule has 8 heteroatoms. The maximum absolute atomic E-state index is 11.8. The SMILES string of the molecule is COC(=O)c1ccccc1Nc1ccc(NS(=O)(=O)N(C)C)cc1. The van der Waals surface area contributed by atoms with Crippen molar-refractivity contribution in [3.8, 4) is 0 Å². The summed E-state index contributed by atoms with van der Waals surface area (Å²) in [6.07, 6.45) is 0. The van der Waals surface area contributed by atoms with Gasteiger partial charge in [0.15, 0.2) is 0 Å². The summed E-state index contributed by atoms with van der Waals surface area (Å²) in [5.41, 5.74) is 2.16. The number of anilines is 3. The number of ether oxygens (including phenoxy) is 1. The van der Waals surface area contributed by atoms with Gasteiger partial charge in [0.2, 0.25) is 0 Å². The van der Waals surface area contributed by atoms with E-state index in [4.69, 9.17) is 4.74 Å². The maximum atomic E-state index is 11.8. The van der Waals surface area contributed by atoms with Crippen LogP contribution in [-0.2, 0) is 14.9 Å². The van der Waals surface area contributed by atoms with E-state index in [1.54, 1.807) is 48.5 Å². The summed E-state index contributed by atoms with van der Waals surface area (Å²) < 4.78 is 31.8. The molecule has 0 aromatic heterocycles. The highest BCUT2D eigenvalue weighted by atomic mass is 32.2. The predicted molar refractivity (Wildman–Crippen MR) is 93.7 cm³/mol. The van der Waals surface area contributed by atoms with Crippen LogP contribution in [0.4, 0.5) is 17.1 Å². The molecule has 24 heavy (non-hydrogen) atoms. The number of para-hydroxylation sites is 1. The van der Waals surface area contributed by atoms with Gasteiger partial charge in [-0.2, -0.15) is 12.7 Å². The van der Waals surface area contributed by atoms with Crippen LogP contribution in [0.1, 0.15) is 10.4 Å². The Balaban J connectivity index is 2.17. The summed E-state index contributed by atoms with van der Waals surface area (Å²) in [6, 6.07) is 13.6. The highest BCUT2D eigenvalue weighted by Crippen LogP contribution is 2.23. The molecule has 7 nitrogen and oxygen atoms in total. The number of nitrogens with zero attached hydrogens (tertiary/aromatic N) is 1. The second-order valence-electron chi connectivity index (χ2n) is 5.13. The molecule has 0 heterocycles. The number of rotatable bonds is 6. The van der Waals surface area contributed by atoms with Gasteiger partial charge in [0.05, 0.1) is 18.4 Å². The standard InChI is InChI=1S/C16H19N3O4S/c1-19(2)24(21,22)18-13-10-8-12(9-11-13)17-15-7-5-4-6-14(15)16(20)23-3/h4-11,17-18H,1-3H3. The Hall–Kier alpha value is -2.58. The number of hydrogen-bond acceptors (Lipinski definition) is 5. The van der Waals surface area contributed by atoms with Crippen molar-refractivity contribution in [3.63, 3.8) is 0 Å². The van der Waals surface area contributed by atoms with E-state index in [0.717, 1.165) is 4.31 Å². The quantitative estimate of drug-likeness (QED) is 0.782. The third kappa shape index (κ3) is 4.24. The van der Waals surface area contributed by atoms with Crippen molar-refractivity contribution in [1.29, 1.82) is 0 Å². The van der Waals surface area contributed by atoms with E-state index in [-0.39, 0.29) is 0 Å². The largest absolute Gasteiger partial charge is 0.465 e. The van der Waals surface area contributed by atoms with Gasteiger partial charge in [-0.3, -0.25) is 4.72 Å². The summed E-state index contributed by atoms with van der Waals surface area (Å²) in [5, 5.41) is 3.11. The lowest BCUT2D eigenvalue weighted by Gasteiger charge is -2.14. The highest BCUT2D eigenvalue weighted by Gasteiger charge is 2.13. The smallest absolute Gasteiger partial charge is 0.339 e. The lowest BCUT2D eigenvalue weighted by molar-refractivity contribution is 0.0602. The van der Waals surface area contributed by atoms with Crippen LogP contribution in [0, 0.1) is 0 Å². The Labute approximate surface area is 141 Å². The fourth-order valence-corrected chi connectivity index (χ4v) is 2.51. The summed E-state index contributed by atoms with van der Waals surface area (Å²) in [5.74, 6) is -0.437. The summed E-state index contributed by atoms with van der Waals surface area (Å²) in [6.45, 7) is 0. The molecule has 0 spiro atoms. The van der Waals surface area contributed by atoms with Gasteiger partial charge in [-0.1, -0.05) is 12.1 Å². The molecule has 0 aliphatic rings.